The van der Waals surface area contributed by atoms with E-state index in [4.69, 9.17) is 6.42 Å². The lowest BCUT2D eigenvalue weighted by atomic mass is 9.84. The molecule has 0 atom stereocenters. The van der Waals surface area contributed by atoms with Crippen LogP contribution in [0.5, 0.6) is 0 Å². The van der Waals surface area contributed by atoms with Crippen molar-refractivity contribution in [3.8, 4) is 12.3 Å². The molecule has 1 nitrogen and oxygen atoms in total. The molecule has 0 radical (unpaired) electrons. The Morgan fingerprint density at radius 1 is 1.42 bits per heavy atom. The van der Waals surface area contributed by atoms with E-state index in [0.717, 1.165) is 12.0 Å². The Morgan fingerprint density at radius 2 is 2.00 bits per heavy atom. The molecule has 0 aromatic carbocycles. The topological polar surface area (TPSA) is 12.0 Å². The summed E-state index contributed by atoms with van der Waals surface area (Å²) in [6, 6.07) is 0. The number of rotatable bonds is 0. The Kier molecular flexibility index (Phi) is 2.06. The van der Waals surface area contributed by atoms with Gasteiger partial charge >= 0.3 is 0 Å². The molecule has 0 aromatic rings. The van der Waals surface area contributed by atoms with Crippen molar-refractivity contribution in [2.24, 2.45) is 0 Å². The lowest BCUT2D eigenvalue weighted by Crippen LogP contribution is -2.53. The normalized spacial score (nSPS) is 25.8. The maximum atomic E-state index is 5.40. The van der Waals surface area contributed by atoms with Crippen molar-refractivity contribution in [1.29, 1.82) is 0 Å². The van der Waals surface area contributed by atoms with Crippen LogP contribution in [0.1, 0.15) is 34.1 Å². The second-order valence-corrected chi connectivity index (χ2v) is 4.72. The minimum absolute atomic E-state index is 0.0312. The molecule has 1 aliphatic heterocycles. The fraction of sp³-hybridized carbons (Fsp3) is 0.636. The number of nitrogens with one attached hydrogen (secondary N) is 1. The average Bonchev–Trinajstić information content (AvgIpc) is 1.80. The molecule has 1 heteroatoms. The molecule has 1 heterocycles. The van der Waals surface area contributed by atoms with E-state index in [0.29, 0.717) is 0 Å². The van der Waals surface area contributed by atoms with E-state index in [9.17, 15) is 0 Å². The first-order chi connectivity index (χ1) is 5.35. The zero-order chi connectivity index (χ0) is 9.41. The largest absolute Gasteiger partial charge is 0.303 e. The Bertz CT molecular complexity index is 251. The van der Waals surface area contributed by atoms with Crippen molar-refractivity contribution in [3.63, 3.8) is 0 Å². The van der Waals surface area contributed by atoms with Crippen LogP contribution in [0.25, 0.3) is 0 Å². The summed E-state index contributed by atoms with van der Waals surface area (Å²) in [7, 11) is 0. The summed E-state index contributed by atoms with van der Waals surface area (Å²) in [5, 5.41) is 3.52. The van der Waals surface area contributed by atoms with Gasteiger partial charge in [-0.25, -0.2) is 0 Å². The zero-order valence-corrected chi connectivity index (χ0v) is 8.36. The van der Waals surface area contributed by atoms with Crippen molar-refractivity contribution in [2.45, 2.75) is 45.2 Å². The number of hydrogen-bond acceptors (Lipinski definition) is 1. The van der Waals surface area contributed by atoms with Gasteiger partial charge in [-0.05, 0) is 34.1 Å². The first-order valence-electron chi connectivity index (χ1n) is 4.32. The summed E-state index contributed by atoms with van der Waals surface area (Å²) in [5.74, 6) is 2.74. The molecule has 0 saturated carbocycles. The molecule has 1 aliphatic rings. The molecule has 0 amide bonds. The van der Waals surface area contributed by atoms with Gasteiger partial charge in [0.1, 0.15) is 0 Å². The second-order valence-electron chi connectivity index (χ2n) is 4.72. The Labute approximate surface area is 75.2 Å². The third-order valence-corrected chi connectivity index (χ3v) is 2.01. The van der Waals surface area contributed by atoms with Crippen molar-refractivity contribution < 1.29 is 0 Å². The van der Waals surface area contributed by atoms with E-state index in [-0.39, 0.29) is 11.1 Å². The SMILES string of the molecule is C#CC1=CC(C)(C)NC(C)(C)C1. The van der Waals surface area contributed by atoms with Gasteiger partial charge in [0, 0.05) is 16.7 Å². The minimum Gasteiger partial charge on any atom is -0.303 e. The van der Waals surface area contributed by atoms with Gasteiger partial charge in [0.05, 0.1) is 0 Å². The van der Waals surface area contributed by atoms with Crippen molar-refractivity contribution in [3.05, 3.63) is 11.6 Å². The van der Waals surface area contributed by atoms with Crippen molar-refractivity contribution >= 4 is 0 Å². The van der Waals surface area contributed by atoms with Gasteiger partial charge in [-0.15, -0.1) is 6.42 Å². The number of hydrogen-bond donors (Lipinski definition) is 1. The zero-order valence-electron chi connectivity index (χ0n) is 8.36. The minimum atomic E-state index is 0.0312. The maximum absolute atomic E-state index is 5.40. The molecule has 1 rings (SSSR count). The first kappa shape index (κ1) is 9.35. The van der Waals surface area contributed by atoms with Crippen LogP contribution in [0.3, 0.4) is 0 Å². The summed E-state index contributed by atoms with van der Waals surface area (Å²) >= 11 is 0. The molecule has 0 spiro atoms. The van der Waals surface area contributed by atoms with E-state index in [1.165, 1.54) is 0 Å². The average molecular weight is 163 g/mol. The van der Waals surface area contributed by atoms with E-state index in [1.807, 2.05) is 0 Å². The maximum Gasteiger partial charge on any atom is 0.0323 e. The van der Waals surface area contributed by atoms with Gasteiger partial charge in [-0.1, -0.05) is 12.0 Å². The summed E-state index contributed by atoms with van der Waals surface area (Å²) in [6.07, 6.45) is 8.49. The molecular weight excluding hydrogens is 146 g/mol. The Hall–Kier alpha value is -0.740. The highest BCUT2D eigenvalue weighted by molar-refractivity contribution is 5.33. The van der Waals surface area contributed by atoms with Gasteiger partial charge in [0.2, 0.25) is 0 Å². The molecular formula is C11H17N. The lowest BCUT2D eigenvalue weighted by Gasteiger charge is -2.40. The third kappa shape index (κ3) is 2.12. The van der Waals surface area contributed by atoms with E-state index in [1.54, 1.807) is 0 Å². The molecule has 0 aliphatic carbocycles. The standard InChI is InChI=1S/C11H17N/c1-6-9-7-10(2,3)12-11(4,5)8-9/h1,7,12H,8H2,2-5H3. The molecule has 1 N–H and O–H groups in total. The second kappa shape index (κ2) is 2.64. The first-order valence-corrected chi connectivity index (χ1v) is 4.32. The molecule has 12 heavy (non-hydrogen) atoms. The van der Waals surface area contributed by atoms with Crippen molar-refractivity contribution in [2.75, 3.05) is 0 Å². The molecule has 0 fully saturated rings. The molecule has 66 valence electrons. The van der Waals surface area contributed by atoms with Crippen LogP contribution in [-0.2, 0) is 0 Å². The lowest BCUT2D eigenvalue weighted by molar-refractivity contribution is 0.287. The van der Waals surface area contributed by atoms with Crippen LogP contribution in [0.2, 0.25) is 0 Å². The summed E-state index contributed by atoms with van der Waals surface area (Å²) < 4.78 is 0. The molecule has 0 unspecified atom stereocenters. The van der Waals surface area contributed by atoms with Crippen molar-refractivity contribution in [1.82, 2.24) is 5.32 Å². The smallest absolute Gasteiger partial charge is 0.0323 e. The van der Waals surface area contributed by atoms with Crippen LogP contribution >= 0.6 is 0 Å². The quantitative estimate of drug-likeness (QED) is 0.539. The van der Waals surface area contributed by atoms with E-state index < -0.39 is 0 Å². The van der Waals surface area contributed by atoms with Crippen LogP contribution in [0, 0.1) is 12.3 Å². The van der Waals surface area contributed by atoms with Gasteiger partial charge in [-0.3, -0.25) is 0 Å². The van der Waals surface area contributed by atoms with Crippen LogP contribution < -0.4 is 5.32 Å². The van der Waals surface area contributed by atoms with Gasteiger partial charge in [0.15, 0.2) is 0 Å². The van der Waals surface area contributed by atoms with Gasteiger partial charge in [0.25, 0.3) is 0 Å². The Balaban J connectivity index is 2.96. The van der Waals surface area contributed by atoms with Crippen LogP contribution in [0.15, 0.2) is 11.6 Å². The highest BCUT2D eigenvalue weighted by Crippen LogP contribution is 2.26. The predicted molar refractivity (Wildman–Crippen MR) is 52.8 cm³/mol. The highest BCUT2D eigenvalue weighted by Gasteiger charge is 2.31. The predicted octanol–water partition coefficient (Wildman–Crippen LogP) is 2.10. The van der Waals surface area contributed by atoms with Gasteiger partial charge in [-0.2, -0.15) is 0 Å². The Morgan fingerprint density at radius 3 is 2.42 bits per heavy atom. The highest BCUT2D eigenvalue weighted by atomic mass is 15.0. The summed E-state index contributed by atoms with van der Waals surface area (Å²) in [6.45, 7) is 8.65. The monoisotopic (exact) mass is 163 g/mol. The van der Waals surface area contributed by atoms with Crippen LogP contribution in [-0.4, -0.2) is 11.1 Å². The van der Waals surface area contributed by atoms with E-state index >= 15 is 0 Å². The molecule has 0 aromatic heterocycles. The fourth-order valence-electron chi connectivity index (χ4n) is 2.01. The van der Waals surface area contributed by atoms with E-state index in [2.05, 4.69) is 45.0 Å². The summed E-state index contributed by atoms with van der Waals surface area (Å²) in [4.78, 5) is 0. The molecule has 0 saturated heterocycles. The van der Waals surface area contributed by atoms with Gasteiger partial charge < -0.3 is 5.32 Å². The fourth-order valence-corrected chi connectivity index (χ4v) is 2.01. The third-order valence-electron chi connectivity index (χ3n) is 2.01. The summed E-state index contributed by atoms with van der Waals surface area (Å²) in [5.41, 5.74) is 1.27. The number of terminal acetylenes is 1. The van der Waals surface area contributed by atoms with Crippen LogP contribution in [0.4, 0.5) is 0 Å². The molecule has 0 bridgehead atoms.